The summed E-state index contributed by atoms with van der Waals surface area (Å²) in [5.41, 5.74) is 3.58. The molecule has 0 aliphatic carbocycles. The van der Waals surface area contributed by atoms with Gasteiger partial charge in [0.25, 0.3) is 0 Å². The zero-order chi connectivity index (χ0) is 23.4. The summed E-state index contributed by atoms with van der Waals surface area (Å²) >= 11 is 1.42. The van der Waals surface area contributed by atoms with Gasteiger partial charge in [-0.05, 0) is 75.2 Å². The summed E-state index contributed by atoms with van der Waals surface area (Å²) in [7, 11) is 0. The molecule has 0 unspecified atom stereocenters. The smallest absolute Gasteiger partial charge is 0.416 e. The van der Waals surface area contributed by atoms with E-state index in [0.29, 0.717) is 17.2 Å². The van der Waals surface area contributed by atoms with E-state index in [1.165, 1.54) is 23.9 Å². The molecule has 5 nitrogen and oxygen atoms in total. The summed E-state index contributed by atoms with van der Waals surface area (Å²) < 4.78 is 37.8. The summed E-state index contributed by atoms with van der Waals surface area (Å²) in [5, 5.41) is 21.6. The summed E-state index contributed by atoms with van der Waals surface area (Å²) in [6.45, 7) is 6.81. The van der Waals surface area contributed by atoms with Crippen molar-refractivity contribution in [1.29, 1.82) is 5.41 Å². The van der Waals surface area contributed by atoms with Gasteiger partial charge in [-0.3, -0.25) is 10.2 Å². The highest BCUT2D eigenvalue weighted by Crippen LogP contribution is 2.31. The summed E-state index contributed by atoms with van der Waals surface area (Å²) in [6.07, 6.45) is -4.39. The van der Waals surface area contributed by atoms with E-state index in [9.17, 15) is 23.1 Å². The number of carboxylic acids is 1. The Labute approximate surface area is 183 Å². The summed E-state index contributed by atoms with van der Waals surface area (Å²) in [4.78, 5) is 12.4. The van der Waals surface area contributed by atoms with E-state index in [0.717, 1.165) is 28.2 Å². The molecule has 0 heterocycles. The van der Waals surface area contributed by atoms with Crippen molar-refractivity contribution in [3.8, 4) is 0 Å². The molecular weight excluding hydrogens is 427 g/mol. The molecule has 0 bridgehead atoms. The highest BCUT2D eigenvalue weighted by Gasteiger charge is 2.31. The van der Waals surface area contributed by atoms with Crippen molar-refractivity contribution < 1.29 is 23.1 Å². The predicted molar refractivity (Wildman–Crippen MR) is 118 cm³/mol. The lowest BCUT2D eigenvalue weighted by Crippen LogP contribution is -2.29. The summed E-state index contributed by atoms with van der Waals surface area (Å²) in [6, 6.07) is 10.0. The molecule has 2 rings (SSSR count). The average Bonchev–Trinajstić information content (AvgIpc) is 2.69. The lowest BCUT2D eigenvalue weighted by molar-refractivity contribution is -0.142. The van der Waals surface area contributed by atoms with E-state index in [-0.39, 0.29) is 5.71 Å². The Morgan fingerprint density at radius 1 is 1.16 bits per heavy atom. The fourth-order valence-corrected chi connectivity index (χ4v) is 3.70. The molecule has 0 aliphatic rings. The van der Waals surface area contributed by atoms with Crippen LogP contribution in [0.4, 0.5) is 18.9 Å². The lowest BCUT2D eigenvalue weighted by atomic mass is 9.82. The van der Waals surface area contributed by atoms with E-state index in [2.05, 4.69) is 10.5 Å². The van der Waals surface area contributed by atoms with Gasteiger partial charge in [-0.25, -0.2) is 0 Å². The van der Waals surface area contributed by atoms with Crippen molar-refractivity contribution in [3.63, 3.8) is 0 Å². The molecule has 2 aromatic carbocycles. The molecular formula is C22H24F3N3O2S. The number of carboxylic acid groups (broad SMARTS) is 1. The Bertz CT molecular complexity index is 1000. The van der Waals surface area contributed by atoms with Gasteiger partial charge < -0.3 is 10.5 Å². The van der Waals surface area contributed by atoms with Gasteiger partial charge >= 0.3 is 12.1 Å². The van der Waals surface area contributed by atoms with Crippen LogP contribution in [0.5, 0.6) is 0 Å². The number of nitrogens with one attached hydrogen (secondary N) is 2. The quantitative estimate of drug-likeness (QED) is 0.262. The minimum atomic E-state index is -4.39. The number of hydrogen-bond acceptors (Lipinski definition) is 5. The fourth-order valence-electron chi connectivity index (χ4n) is 2.75. The molecule has 31 heavy (non-hydrogen) atoms. The maximum Gasteiger partial charge on any atom is 0.416 e. The van der Waals surface area contributed by atoms with E-state index >= 15 is 0 Å². The number of hydrogen-bond donors (Lipinski definition) is 3. The van der Waals surface area contributed by atoms with Crippen LogP contribution in [-0.4, -0.2) is 28.3 Å². The Balaban J connectivity index is 1.97. The van der Waals surface area contributed by atoms with Gasteiger partial charge in [0.05, 0.1) is 28.1 Å². The van der Waals surface area contributed by atoms with Crippen molar-refractivity contribution >= 4 is 34.8 Å². The predicted octanol–water partition coefficient (Wildman–Crippen LogP) is 5.98. The number of benzene rings is 2. The van der Waals surface area contributed by atoms with Crippen molar-refractivity contribution in [2.24, 2.45) is 5.10 Å². The number of carbonyl (C=O) groups is 1. The number of nitrogens with zero attached hydrogens (tertiary/aromatic N) is 1. The van der Waals surface area contributed by atoms with Crippen LogP contribution < -0.4 is 5.43 Å². The first-order chi connectivity index (χ1) is 14.3. The van der Waals surface area contributed by atoms with Gasteiger partial charge in [0.2, 0.25) is 0 Å². The van der Waals surface area contributed by atoms with Gasteiger partial charge in [-0.2, -0.15) is 18.3 Å². The second kappa shape index (κ2) is 9.55. The molecule has 0 radical (unpaired) electrons. The van der Waals surface area contributed by atoms with Gasteiger partial charge in [0.15, 0.2) is 0 Å². The molecule has 166 valence electrons. The largest absolute Gasteiger partial charge is 0.481 e. The van der Waals surface area contributed by atoms with Crippen LogP contribution >= 0.6 is 11.8 Å². The zero-order valence-electron chi connectivity index (χ0n) is 17.6. The number of alkyl halides is 3. The number of aliphatic carboxylic acids is 1. The molecule has 3 N–H and O–H groups in total. The van der Waals surface area contributed by atoms with Crippen LogP contribution in [-0.2, 0) is 16.4 Å². The van der Waals surface area contributed by atoms with Crippen molar-refractivity contribution in [2.45, 2.75) is 44.2 Å². The molecule has 0 fully saturated rings. The Morgan fingerprint density at radius 2 is 1.77 bits per heavy atom. The van der Waals surface area contributed by atoms with E-state index in [1.807, 2.05) is 19.1 Å². The monoisotopic (exact) mass is 451 g/mol. The van der Waals surface area contributed by atoms with Crippen LogP contribution in [0.3, 0.4) is 0 Å². The number of thioether (sulfide) groups is 1. The molecule has 0 spiro atoms. The number of hydrazone groups is 1. The van der Waals surface area contributed by atoms with Crippen LogP contribution in [0.1, 0.15) is 37.5 Å². The lowest BCUT2D eigenvalue weighted by Gasteiger charge is -2.22. The van der Waals surface area contributed by atoms with E-state index in [1.54, 1.807) is 26.8 Å². The standard InChI is InChI=1S/C22H24F3N3O2S/c1-13-11-17(9-10-18(13)21(3,4)20(29)30)31-12-19(26)14(2)27-28-16-7-5-15(6-8-16)22(23,24)25/h5-11,26,28H,12H2,1-4H3,(H,29,30)/b26-19?,27-14-. The molecule has 0 aromatic heterocycles. The Morgan fingerprint density at radius 3 is 2.29 bits per heavy atom. The maximum absolute atomic E-state index is 12.6. The van der Waals surface area contributed by atoms with Gasteiger partial charge in [-0.15, -0.1) is 11.8 Å². The second-order valence-electron chi connectivity index (χ2n) is 7.56. The van der Waals surface area contributed by atoms with Crippen LogP contribution in [0.25, 0.3) is 0 Å². The second-order valence-corrected chi connectivity index (χ2v) is 8.61. The Kier molecular flexibility index (Phi) is 7.54. The first-order valence-corrected chi connectivity index (χ1v) is 10.3. The summed E-state index contributed by atoms with van der Waals surface area (Å²) in [5.74, 6) is -0.560. The minimum absolute atomic E-state index is 0.261. The van der Waals surface area contributed by atoms with Crippen LogP contribution in [0, 0.1) is 12.3 Å². The van der Waals surface area contributed by atoms with Crippen LogP contribution in [0.2, 0.25) is 0 Å². The highest BCUT2D eigenvalue weighted by atomic mass is 32.2. The van der Waals surface area contributed by atoms with E-state index in [4.69, 9.17) is 5.41 Å². The zero-order valence-corrected chi connectivity index (χ0v) is 18.4. The van der Waals surface area contributed by atoms with E-state index < -0.39 is 23.1 Å². The third-order valence-electron chi connectivity index (χ3n) is 4.79. The molecule has 2 aromatic rings. The molecule has 0 amide bonds. The van der Waals surface area contributed by atoms with Crippen molar-refractivity contribution in [1.82, 2.24) is 0 Å². The highest BCUT2D eigenvalue weighted by molar-refractivity contribution is 8.00. The maximum atomic E-state index is 12.6. The van der Waals surface area contributed by atoms with Gasteiger partial charge in [-0.1, -0.05) is 6.07 Å². The molecule has 0 aliphatic heterocycles. The van der Waals surface area contributed by atoms with Crippen molar-refractivity contribution in [2.75, 3.05) is 11.2 Å². The third kappa shape index (κ3) is 6.33. The SMILES string of the molecule is C/C(=N/Nc1ccc(C(F)(F)F)cc1)C(=N)CSc1ccc(C(C)(C)C(=O)O)c(C)c1. The number of rotatable bonds is 8. The average molecular weight is 452 g/mol. The van der Waals surface area contributed by atoms with Crippen LogP contribution in [0.15, 0.2) is 52.5 Å². The molecule has 0 saturated heterocycles. The number of halogens is 3. The first kappa shape index (κ1) is 24.5. The number of aryl methyl sites for hydroxylation is 1. The molecule has 0 saturated carbocycles. The van der Waals surface area contributed by atoms with Gasteiger partial charge in [0.1, 0.15) is 0 Å². The molecule has 9 heteroatoms. The fraction of sp³-hybridized carbons (Fsp3) is 0.318. The Hall–Kier alpha value is -2.81. The third-order valence-corrected chi connectivity index (χ3v) is 5.81. The number of anilines is 1. The first-order valence-electron chi connectivity index (χ1n) is 9.35. The van der Waals surface area contributed by atoms with Crippen molar-refractivity contribution in [3.05, 3.63) is 59.2 Å². The van der Waals surface area contributed by atoms with Gasteiger partial charge in [0, 0.05) is 10.6 Å². The topological polar surface area (TPSA) is 85.5 Å². The normalized spacial score (nSPS) is 12.5. The minimum Gasteiger partial charge on any atom is -0.481 e. The molecule has 0 atom stereocenters.